The molecule has 0 saturated heterocycles. The van der Waals surface area contributed by atoms with Crippen molar-refractivity contribution in [3.05, 3.63) is 104 Å². The molecular weight excluding hydrogens is 460 g/mol. The molecule has 1 aromatic carbocycles. The Labute approximate surface area is 178 Å². The highest BCUT2D eigenvalue weighted by Gasteiger charge is 2.50. The van der Waals surface area contributed by atoms with Gasteiger partial charge in [0.05, 0.1) is 5.41 Å². The monoisotopic (exact) mass is 480 g/mol. The fourth-order valence-corrected chi connectivity index (χ4v) is 6.00. The highest BCUT2D eigenvalue weighted by Crippen LogP contribution is 2.59. The second-order valence-corrected chi connectivity index (χ2v) is 9.60. The predicted molar refractivity (Wildman–Crippen MR) is 121 cm³/mol. The predicted octanol–water partition coefficient (Wildman–Crippen LogP) is 7.85. The van der Waals surface area contributed by atoms with Crippen LogP contribution in [-0.2, 0) is 5.41 Å². The van der Waals surface area contributed by atoms with Gasteiger partial charge in [-0.15, -0.1) is 0 Å². The maximum atomic E-state index is 3.66. The van der Waals surface area contributed by atoms with Crippen LogP contribution in [-0.4, -0.2) is 0 Å². The molecule has 27 heavy (non-hydrogen) atoms. The summed E-state index contributed by atoms with van der Waals surface area (Å²) in [5, 5.41) is 0. The van der Waals surface area contributed by atoms with E-state index in [2.05, 4.69) is 98.7 Å². The summed E-state index contributed by atoms with van der Waals surface area (Å²) in [6.45, 7) is 0. The Balaban J connectivity index is 1.80. The Morgan fingerprint density at radius 1 is 0.815 bits per heavy atom. The van der Waals surface area contributed by atoms with Crippen LogP contribution in [0.1, 0.15) is 37.7 Å². The molecular formula is C25H22Br2. The van der Waals surface area contributed by atoms with Crippen molar-refractivity contribution in [3.8, 4) is 0 Å². The van der Waals surface area contributed by atoms with Gasteiger partial charge in [-0.1, -0.05) is 86.5 Å². The molecule has 136 valence electrons. The summed E-state index contributed by atoms with van der Waals surface area (Å²) in [6, 6.07) is 9.06. The first-order valence-corrected chi connectivity index (χ1v) is 11.4. The molecule has 1 unspecified atom stereocenters. The lowest BCUT2D eigenvalue weighted by atomic mass is 9.60. The summed E-state index contributed by atoms with van der Waals surface area (Å²) in [5.74, 6) is 0.433. The minimum Gasteiger partial charge on any atom is -0.0839 e. The summed E-state index contributed by atoms with van der Waals surface area (Å²) in [5.41, 5.74) is 7.70. The van der Waals surface area contributed by atoms with Gasteiger partial charge in [0.1, 0.15) is 0 Å². The van der Waals surface area contributed by atoms with E-state index in [1.54, 1.807) is 22.3 Å². The summed E-state index contributed by atoms with van der Waals surface area (Å²) in [6.07, 6.45) is 22.4. The van der Waals surface area contributed by atoms with E-state index in [1.165, 1.54) is 35.7 Å². The molecule has 0 saturated carbocycles. The number of hydrogen-bond acceptors (Lipinski definition) is 0. The van der Waals surface area contributed by atoms with Crippen molar-refractivity contribution in [3.63, 3.8) is 0 Å². The number of hydrogen-bond donors (Lipinski definition) is 0. The zero-order valence-corrected chi connectivity index (χ0v) is 18.4. The topological polar surface area (TPSA) is 0 Å². The molecule has 0 spiro atoms. The highest BCUT2D eigenvalue weighted by molar-refractivity contribution is 9.12. The Kier molecular flexibility index (Phi) is 4.52. The van der Waals surface area contributed by atoms with E-state index >= 15 is 0 Å². The lowest BCUT2D eigenvalue weighted by molar-refractivity contribution is 0.447. The Morgan fingerprint density at radius 3 is 2.00 bits per heavy atom. The quantitative estimate of drug-likeness (QED) is 0.403. The Bertz CT molecular complexity index is 926. The van der Waals surface area contributed by atoms with E-state index < -0.39 is 0 Å². The second kappa shape index (κ2) is 6.90. The van der Waals surface area contributed by atoms with Gasteiger partial charge in [-0.05, 0) is 78.0 Å². The summed E-state index contributed by atoms with van der Waals surface area (Å²) >= 11 is 7.29. The van der Waals surface area contributed by atoms with Gasteiger partial charge in [-0.3, -0.25) is 0 Å². The van der Waals surface area contributed by atoms with Gasteiger partial charge in [-0.2, -0.15) is 0 Å². The Hall–Kier alpha value is -1.38. The zero-order chi connectivity index (χ0) is 18.4. The van der Waals surface area contributed by atoms with Crippen molar-refractivity contribution >= 4 is 31.9 Å². The molecule has 1 aromatic rings. The first kappa shape index (κ1) is 17.7. The van der Waals surface area contributed by atoms with Crippen LogP contribution in [0.5, 0.6) is 0 Å². The average molecular weight is 482 g/mol. The molecule has 0 bridgehead atoms. The van der Waals surface area contributed by atoms with Crippen molar-refractivity contribution in [1.82, 2.24) is 0 Å². The van der Waals surface area contributed by atoms with Crippen molar-refractivity contribution in [2.75, 3.05) is 0 Å². The second-order valence-electron chi connectivity index (χ2n) is 7.77. The van der Waals surface area contributed by atoms with Gasteiger partial charge in [-0.25, -0.2) is 0 Å². The molecule has 0 fully saturated rings. The van der Waals surface area contributed by atoms with Gasteiger partial charge >= 0.3 is 0 Å². The van der Waals surface area contributed by atoms with E-state index in [4.69, 9.17) is 0 Å². The average Bonchev–Trinajstić information content (AvgIpc) is 3.01. The van der Waals surface area contributed by atoms with Gasteiger partial charge in [0.25, 0.3) is 0 Å². The number of fused-ring (bicyclic) bond motifs is 1. The molecule has 0 heterocycles. The normalized spacial score (nSPS) is 25.6. The molecule has 0 N–H and O–H groups in total. The maximum Gasteiger partial charge on any atom is 0.0522 e. The van der Waals surface area contributed by atoms with Crippen molar-refractivity contribution < 1.29 is 0 Å². The van der Waals surface area contributed by atoms with Crippen LogP contribution in [0.4, 0.5) is 0 Å². The molecule has 0 aliphatic heterocycles. The number of halogens is 2. The molecule has 0 radical (unpaired) electrons. The first-order chi connectivity index (χ1) is 13.2. The van der Waals surface area contributed by atoms with Gasteiger partial charge in [0.2, 0.25) is 0 Å². The third-order valence-electron chi connectivity index (χ3n) is 6.47. The molecule has 4 aliphatic carbocycles. The molecule has 0 nitrogen and oxygen atoms in total. The number of allylic oxidation sites excluding steroid dienone is 12. The summed E-state index contributed by atoms with van der Waals surface area (Å²) in [7, 11) is 0. The van der Waals surface area contributed by atoms with E-state index in [0.717, 1.165) is 10.9 Å². The third-order valence-corrected chi connectivity index (χ3v) is 7.58. The number of benzene rings is 1. The summed E-state index contributed by atoms with van der Waals surface area (Å²) in [4.78, 5) is 0. The van der Waals surface area contributed by atoms with Gasteiger partial charge < -0.3 is 0 Å². The van der Waals surface area contributed by atoms with E-state index in [0.29, 0.717) is 5.92 Å². The smallest absolute Gasteiger partial charge is 0.0522 e. The lowest BCUT2D eigenvalue weighted by Crippen LogP contribution is -2.37. The van der Waals surface area contributed by atoms with Crippen LogP contribution in [0.15, 0.2) is 98.0 Å². The lowest BCUT2D eigenvalue weighted by Gasteiger charge is -2.42. The number of rotatable bonds is 2. The van der Waals surface area contributed by atoms with Crippen molar-refractivity contribution in [2.45, 2.75) is 37.5 Å². The molecule has 4 aliphatic rings. The minimum atomic E-state index is -0.0695. The Morgan fingerprint density at radius 2 is 1.44 bits per heavy atom. The van der Waals surface area contributed by atoms with Crippen LogP contribution >= 0.6 is 31.9 Å². The first-order valence-electron chi connectivity index (χ1n) is 9.82. The standard InChI is InChI=1S/C25H22Br2/c26-19-13-9-17(10-14-19)25(18-11-15-20(27)16-12-18)23-7-3-1-5-21(23)22-6-2-4-8-24(22)25/h3-4,7-11,13-16,18H,1-2,5-6,12H2. The van der Waals surface area contributed by atoms with Crippen LogP contribution < -0.4 is 0 Å². The van der Waals surface area contributed by atoms with Crippen molar-refractivity contribution in [2.24, 2.45) is 5.92 Å². The minimum absolute atomic E-state index is 0.0695. The van der Waals surface area contributed by atoms with Gasteiger partial charge in [0, 0.05) is 8.96 Å². The van der Waals surface area contributed by atoms with Crippen LogP contribution in [0, 0.1) is 5.92 Å². The van der Waals surface area contributed by atoms with E-state index in [1.807, 2.05) is 0 Å². The molecule has 2 heteroatoms. The highest BCUT2D eigenvalue weighted by atomic mass is 79.9. The van der Waals surface area contributed by atoms with Gasteiger partial charge in [0.15, 0.2) is 0 Å². The maximum absolute atomic E-state index is 3.66. The fraction of sp³-hybridized carbons (Fsp3) is 0.280. The largest absolute Gasteiger partial charge is 0.0839 e. The third kappa shape index (κ3) is 2.68. The van der Waals surface area contributed by atoms with Crippen molar-refractivity contribution in [1.29, 1.82) is 0 Å². The molecule has 0 amide bonds. The van der Waals surface area contributed by atoms with E-state index in [-0.39, 0.29) is 5.41 Å². The molecule has 1 atom stereocenters. The van der Waals surface area contributed by atoms with Crippen LogP contribution in [0.2, 0.25) is 0 Å². The molecule has 5 rings (SSSR count). The summed E-state index contributed by atoms with van der Waals surface area (Å²) < 4.78 is 2.34. The van der Waals surface area contributed by atoms with Crippen LogP contribution in [0.25, 0.3) is 0 Å². The SMILES string of the molecule is BrC1=CCC(C2(c3ccc(Br)cc3)C3=C(CCC=C3)C3=C2C=CCC3)C=C1. The fourth-order valence-electron chi connectivity index (χ4n) is 5.39. The van der Waals surface area contributed by atoms with E-state index in [9.17, 15) is 0 Å². The molecule has 0 aromatic heterocycles. The van der Waals surface area contributed by atoms with Crippen LogP contribution in [0.3, 0.4) is 0 Å². The zero-order valence-electron chi connectivity index (χ0n) is 15.2.